The summed E-state index contributed by atoms with van der Waals surface area (Å²) < 4.78 is 0. The van der Waals surface area contributed by atoms with Gasteiger partial charge in [0.15, 0.2) is 5.82 Å². The van der Waals surface area contributed by atoms with Crippen LogP contribution in [0.2, 0.25) is 0 Å². The topological polar surface area (TPSA) is 37.8 Å². The Morgan fingerprint density at radius 3 is 3.00 bits per heavy atom. The maximum Gasteiger partial charge on any atom is 0.160 e. The van der Waals surface area contributed by atoms with Gasteiger partial charge in [0.1, 0.15) is 0 Å². The highest BCUT2D eigenvalue weighted by molar-refractivity contribution is 7.08. The molecule has 0 bridgehead atoms. The van der Waals surface area contributed by atoms with Crippen LogP contribution in [0.4, 0.5) is 0 Å². The molecule has 0 atom stereocenters. The molecule has 3 nitrogen and oxygen atoms in total. The minimum atomic E-state index is 0.717. The fourth-order valence-electron chi connectivity index (χ4n) is 1.78. The van der Waals surface area contributed by atoms with Gasteiger partial charge < -0.3 is 5.32 Å². The van der Waals surface area contributed by atoms with E-state index in [1.807, 2.05) is 6.92 Å². The van der Waals surface area contributed by atoms with Crippen molar-refractivity contribution in [1.29, 1.82) is 0 Å². The van der Waals surface area contributed by atoms with Crippen molar-refractivity contribution >= 4 is 11.3 Å². The van der Waals surface area contributed by atoms with Gasteiger partial charge in [0.2, 0.25) is 0 Å². The molecule has 2 heterocycles. The molecule has 0 amide bonds. The average molecular weight is 245 g/mol. The van der Waals surface area contributed by atoms with E-state index in [9.17, 15) is 0 Å². The fraction of sp³-hybridized carbons (Fsp3) is 0.385. The van der Waals surface area contributed by atoms with Gasteiger partial charge in [-0.15, -0.1) is 0 Å². The van der Waals surface area contributed by atoms with Crippen molar-refractivity contribution in [3.63, 3.8) is 0 Å². The van der Waals surface area contributed by atoms with Crippen LogP contribution in [0.15, 0.2) is 22.9 Å². The number of thiophene rings is 1. The number of nitrogens with one attached hydrogen (secondary N) is 1. The van der Waals surface area contributed by atoms with Gasteiger partial charge in [0.05, 0.1) is 5.69 Å². The maximum absolute atomic E-state index is 4.61. The molecule has 0 saturated heterocycles. The summed E-state index contributed by atoms with van der Waals surface area (Å²) >= 11 is 1.68. The molecule has 0 unspecified atom stereocenters. The molecule has 17 heavy (non-hydrogen) atoms. The van der Waals surface area contributed by atoms with Gasteiger partial charge in [-0.2, -0.15) is 11.3 Å². The van der Waals surface area contributed by atoms with E-state index in [1.54, 1.807) is 11.3 Å². The minimum absolute atomic E-state index is 0.717. The SMILES string of the molecule is Cc1cc(CNC2CC2)nc(-c2ccsc2)n1. The van der Waals surface area contributed by atoms with Crippen LogP contribution >= 0.6 is 11.3 Å². The molecule has 2 aromatic rings. The van der Waals surface area contributed by atoms with E-state index in [4.69, 9.17) is 0 Å². The van der Waals surface area contributed by atoms with E-state index >= 15 is 0 Å². The molecule has 3 rings (SSSR count). The van der Waals surface area contributed by atoms with Crippen LogP contribution in [0.5, 0.6) is 0 Å². The maximum atomic E-state index is 4.61. The number of rotatable bonds is 4. The Kier molecular flexibility index (Phi) is 2.91. The van der Waals surface area contributed by atoms with Crippen LogP contribution in [0.3, 0.4) is 0 Å². The van der Waals surface area contributed by atoms with E-state index in [-0.39, 0.29) is 0 Å². The second kappa shape index (κ2) is 4.55. The zero-order valence-corrected chi connectivity index (χ0v) is 10.6. The first-order chi connectivity index (χ1) is 8.31. The lowest BCUT2D eigenvalue weighted by molar-refractivity contribution is 0.672. The highest BCUT2D eigenvalue weighted by Crippen LogP contribution is 2.21. The van der Waals surface area contributed by atoms with Crippen molar-refractivity contribution in [3.8, 4) is 11.4 Å². The first kappa shape index (κ1) is 10.9. The molecule has 1 saturated carbocycles. The summed E-state index contributed by atoms with van der Waals surface area (Å²) in [5, 5.41) is 7.63. The molecule has 1 fully saturated rings. The van der Waals surface area contributed by atoms with Gasteiger partial charge in [-0.1, -0.05) is 0 Å². The number of nitrogens with zero attached hydrogens (tertiary/aromatic N) is 2. The number of hydrogen-bond acceptors (Lipinski definition) is 4. The Balaban J connectivity index is 1.83. The summed E-state index contributed by atoms with van der Waals surface area (Å²) in [6.07, 6.45) is 2.61. The summed E-state index contributed by atoms with van der Waals surface area (Å²) in [4.78, 5) is 9.10. The normalized spacial score (nSPS) is 15.1. The first-order valence-electron chi connectivity index (χ1n) is 5.92. The lowest BCUT2D eigenvalue weighted by Gasteiger charge is -2.05. The zero-order valence-electron chi connectivity index (χ0n) is 9.81. The zero-order chi connectivity index (χ0) is 11.7. The lowest BCUT2D eigenvalue weighted by atomic mass is 10.2. The highest BCUT2D eigenvalue weighted by Gasteiger charge is 2.20. The minimum Gasteiger partial charge on any atom is -0.308 e. The van der Waals surface area contributed by atoms with Crippen LogP contribution in [-0.4, -0.2) is 16.0 Å². The van der Waals surface area contributed by atoms with Crippen LogP contribution < -0.4 is 5.32 Å². The quantitative estimate of drug-likeness (QED) is 0.900. The molecule has 0 radical (unpaired) electrons. The van der Waals surface area contributed by atoms with E-state index < -0.39 is 0 Å². The van der Waals surface area contributed by atoms with E-state index in [2.05, 4.69) is 38.2 Å². The van der Waals surface area contributed by atoms with Crippen LogP contribution in [0.25, 0.3) is 11.4 Å². The summed E-state index contributed by atoms with van der Waals surface area (Å²) in [5.41, 5.74) is 3.24. The van der Waals surface area contributed by atoms with Gasteiger partial charge in [-0.3, -0.25) is 0 Å². The van der Waals surface area contributed by atoms with Crippen LogP contribution in [0, 0.1) is 6.92 Å². The fourth-order valence-corrected chi connectivity index (χ4v) is 2.42. The molecule has 1 aliphatic carbocycles. The second-order valence-corrected chi connectivity index (χ2v) is 5.27. The predicted molar refractivity (Wildman–Crippen MR) is 69.9 cm³/mol. The monoisotopic (exact) mass is 245 g/mol. The average Bonchev–Trinajstić information content (AvgIpc) is 2.98. The summed E-state index contributed by atoms with van der Waals surface area (Å²) in [6.45, 7) is 2.88. The molecular formula is C13H15N3S. The number of aryl methyl sites for hydroxylation is 1. The smallest absolute Gasteiger partial charge is 0.160 e. The van der Waals surface area contributed by atoms with Crippen molar-refractivity contribution < 1.29 is 0 Å². The van der Waals surface area contributed by atoms with Gasteiger partial charge in [-0.05, 0) is 37.3 Å². The third-order valence-electron chi connectivity index (χ3n) is 2.84. The van der Waals surface area contributed by atoms with Gasteiger partial charge >= 0.3 is 0 Å². The Bertz CT molecular complexity index is 503. The molecule has 4 heteroatoms. The Morgan fingerprint density at radius 1 is 1.41 bits per heavy atom. The highest BCUT2D eigenvalue weighted by atomic mass is 32.1. The van der Waals surface area contributed by atoms with E-state index in [0.717, 1.165) is 35.4 Å². The number of aromatic nitrogens is 2. The molecular weight excluding hydrogens is 230 g/mol. The summed E-state index contributed by atoms with van der Waals surface area (Å²) in [5.74, 6) is 0.846. The molecule has 0 aromatic carbocycles. The van der Waals surface area contributed by atoms with Crippen molar-refractivity contribution in [2.24, 2.45) is 0 Å². The van der Waals surface area contributed by atoms with Crippen LogP contribution in [-0.2, 0) is 6.54 Å². The largest absolute Gasteiger partial charge is 0.308 e. The predicted octanol–water partition coefficient (Wildman–Crippen LogP) is 2.77. The molecule has 0 aliphatic heterocycles. The molecule has 1 N–H and O–H groups in total. The van der Waals surface area contributed by atoms with Crippen molar-refractivity contribution in [2.45, 2.75) is 32.4 Å². The first-order valence-corrected chi connectivity index (χ1v) is 6.86. The molecule has 2 aromatic heterocycles. The van der Waals surface area contributed by atoms with Gasteiger partial charge in [0, 0.05) is 29.2 Å². The standard InChI is InChI=1S/C13H15N3S/c1-9-6-12(7-14-11-2-3-11)16-13(15-9)10-4-5-17-8-10/h4-6,8,11,14H,2-3,7H2,1H3. The molecule has 0 spiro atoms. The Hall–Kier alpha value is -1.26. The Labute approximate surface area is 105 Å². The number of hydrogen-bond donors (Lipinski definition) is 1. The third-order valence-corrected chi connectivity index (χ3v) is 3.52. The van der Waals surface area contributed by atoms with E-state index in [0.29, 0.717) is 0 Å². The van der Waals surface area contributed by atoms with Crippen LogP contribution in [0.1, 0.15) is 24.2 Å². The summed E-state index contributed by atoms with van der Waals surface area (Å²) in [6, 6.07) is 4.85. The lowest BCUT2D eigenvalue weighted by Crippen LogP contribution is -2.16. The third kappa shape index (κ3) is 2.70. The van der Waals surface area contributed by atoms with Gasteiger partial charge in [-0.25, -0.2) is 9.97 Å². The molecule has 1 aliphatic rings. The molecule has 88 valence electrons. The second-order valence-electron chi connectivity index (χ2n) is 4.49. The van der Waals surface area contributed by atoms with Crippen molar-refractivity contribution in [2.75, 3.05) is 0 Å². The van der Waals surface area contributed by atoms with Crippen molar-refractivity contribution in [3.05, 3.63) is 34.3 Å². The van der Waals surface area contributed by atoms with Gasteiger partial charge in [0.25, 0.3) is 0 Å². The van der Waals surface area contributed by atoms with Crippen molar-refractivity contribution in [1.82, 2.24) is 15.3 Å². The summed E-state index contributed by atoms with van der Waals surface area (Å²) in [7, 11) is 0. The Morgan fingerprint density at radius 2 is 2.29 bits per heavy atom. The van der Waals surface area contributed by atoms with E-state index in [1.165, 1.54) is 12.8 Å².